The molecule has 0 saturated heterocycles. The summed E-state index contributed by atoms with van der Waals surface area (Å²) in [5, 5.41) is 1.18. The standard InChI is InChI=1S/C21H20N2O3/c1-12-16-10-23-8-7-14-13-5-3-4-6-18(13)22-20(14)19(23)9-15(16)17(11-26-12)21(24)25-2/h3-8,11-12,15-16H,9-10H2,1-2H3/t12?,15-,16+/m0/s1. The summed E-state index contributed by atoms with van der Waals surface area (Å²) in [5.41, 5.74) is 5.05. The average Bonchev–Trinajstić information content (AvgIpc) is 3.06. The fourth-order valence-electron chi connectivity index (χ4n) is 4.49. The Kier molecular flexibility index (Phi) is 3.32. The van der Waals surface area contributed by atoms with Crippen LogP contribution in [0.4, 0.5) is 0 Å². The van der Waals surface area contributed by atoms with Crippen molar-refractivity contribution in [2.75, 3.05) is 7.11 Å². The maximum absolute atomic E-state index is 12.3. The predicted octanol–water partition coefficient (Wildman–Crippen LogP) is 3.41. The Morgan fingerprint density at radius 1 is 1.31 bits per heavy atom. The Morgan fingerprint density at radius 3 is 3.00 bits per heavy atom. The van der Waals surface area contributed by atoms with Crippen LogP contribution >= 0.6 is 0 Å². The van der Waals surface area contributed by atoms with E-state index in [0.29, 0.717) is 5.57 Å². The summed E-state index contributed by atoms with van der Waals surface area (Å²) in [4.78, 5) is 17.1. The van der Waals surface area contributed by atoms with Crippen molar-refractivity contribution >= 4 is 16.9 Å². The summed E-state index contributed by atoms with van der Waals surface area (Å²) in [6, 6.07) is 10.4. The first-order valence-corrected chi connectivity index (χ1v) is 8.97. The van der Waals surface area contributed by atoms with Gasteiger partial charge < -0.3 is 14.0 Å². The van der Waals surface area contributed by atoms with Crippen LogP contribution in [0.5, 0.6) is 0 Å². The number of para-hydroxylation sites is 1. The third-order valence-electron chi connectivity index (χ3n) is 5.89. The first kappa shape index (κ1) is 15.4. The van der Waals surface area contributed by atoms with E-state index < -0.39 is 0 Å². The molecule has 0 spiro atoms. The van der Waals surface area contributed by atoms with Crippen LogP contribution in [0, 0.1) is 11.8 Å². The number of rotatable bonds is 1. The SMILES string of the molecule is COC(=O)C1=COC(C)[C@H]2Cn3ccc4c5ccccc5nc-4c3C[C@H]12. The van der Waals surface area contributed by atoms with E-state index in [1.807, 2.05) is 18.2 Å². The summed E-state index contributed by atoms with van der Waals surface area (Å²) in [7, 11) is 1.42. The quantitative estimate of drug-likeness (QED) is 0.633. The lowest BCUT2D eigenvalue weighted by molar-refractivity contribution is -0.138. The van der Waals surface area contributed by atoms with Gasteiger partial charge >= 0.3 is 5.97 Å². The molecular weight excluding hydrogens is 328 g/mol. The lowest BCUT2D eigenvalue weighted by Gasteiger charge is -2.41. The minimum atomic E-state index is -0.298. The molecule has 5 rings (SSSR count). The van der Waals surface area contributed by atoms with Crippen molar-refractivity contribution in [1.82, 2.24) is 9.55 Å². The fourth-order valence-corrected chi connectivity index (χ4v) is 4.49. The Bertz CT molecular complexity index is 1020. The first-order valence-electron chi connectivity index (χ1n) is 8.97. The molecule has 0 bridgehead atoms. The van der Waals surface area contributed by atoms with E-state index in [0.717, 1.165) is 24.2 Å². The van der Waals surface area contributed by atoms with Crippen molar-refractivity contribution < 1.29 is 14.3 Å². The normalized spacial score (nSPS) is 24.5. The van der Waals surface area contributed by atoms with Crippen LogP contribution in [-0.4, -0.2) is 28.7 Å². The molecule has 132 valence electrons. The van der Waals surface area contributed by atoms with Gasteiger partial charge in [0.15, 0.2) is 0 Å². The van der Waals surface area contributed by atoms with Crippen molar-refractivity contribution in [3.63, 3.8) is 0 Å². The van der Waals surface area contributed by atoms with Gasteiger partial charge in [0.2, 0.25) is 0 Å². The number of hydrogen-bond acceptors (Lipinski definition) is 4. The largest absolute Gasteiger partial charge is 0.497 e. The highest BCUT2D eigenvalue weighted by molar-refractivity contribution is 5.98. The van der Waals surface area contributed by atoms with Gasteiger partial charge in [-0.15, -0.1) is 0 Å². The molecule has 26 heavy (non-hydrogen) atoms. The van der Waals surface area contributed by atoms with Gasteiger partial charge in [-0.2, -0.15) is 0 Å². The zero-order valence-corrected chi connectivity index (χ0v) is 14.8. The van der Waals surface area contributed by atoms with Crippen molar-refractivity contribution in [3.8, 4) is 11.3 Å². The molecule has 5 nitrogen and oxygen atoms in total. The molecule has 4 heterocycles. The molecule has 3 atom stereocenters. The number of carbonyl (C=O) groups is 1. The smallest absolute Gasteiger partial charge is 0.337 e. The molecule has 0 saturated carbocycles. The van der Waals surface area contributed by atoms with Gasteiger partial charge in [-0.3, -0.25) is 0 Å². The van der Waals surface area contributed by atoms with E-state index in [1.165, 1.54) is 23.8 Å². The van der Waals surface area contributed by atoms with E-state index in [9.17, 15) is 4.79 Å². The van der Waals surface area contributed by atoms with E-state index in [-0.39, 0.29) is 23.9 Å². The molecule has 0 fully saturated rings. The van der Waals surface area contributed by atoms with Gasteiger partial charge in [0.05, 0.1) is 30.2 Å². The monoisotopic (exact) mass is 348 g/mol. The number of carbonyl (C=O) groups excluding carboxylic acids is 1. The van der Waals surface area contributed by atoms with Gasteiger partial charge in [0.1, 0.15) is 6.10 Å². The van der Waals surface area contributed by atoms with E-state index in [4.69, 9.17) is 14.5 Å². The van der Waals surface area contributed by atoms with Crippen molar-refractivity contribution in [2.45, 2.75) is 26.0 Å². The van der Waals surface area contributed by atoms with Crippen LogP contribution in [-0.2, 0) is 27.2 Å². The Labute approximate surface area is 151 Å². The topological polar surface area (TPSA) is 53.4 Å². The first-order chi connectivity index (χ1) is 12.7. The summed E-state index contributed by atoms with van der Waals surface area (Å²) >= 11 is 0. The maximum Gasteiger partial charge on any atom is 0.337 e. The molecule has 5 heteroatoms. The second kappa shape index (κ2) is 5.59. The maximum atomic E-state index is 12.3. The van der Waals surface area contributed by atoms with Crippen LogP contribution in [0.1, 0.15) is 12.6 Å². The van der Waals surface area contributed by atoms with Gasteiger partial charge in [-0.25, -0.2) is 9.78 Å². The van der Waals surface area contributed by atoms with Gasteiger partial charge in [0, 0.05) is 41.2 Å². The number of nitrogens with zero attached hydrogens (tertiary/aromatic N) is 2. The second-order valence-electron chi connectivity index (χ2n) is 7.19. The third-order valence-corrected chi connectivity index (χ3v) is 5.89. The molecule has 0 N–H and O–H groups in total. The van der Waals surface area contributed by atoms with E-state index in [1.54, 1.807) is 6.26 Å². The number of esters is 1. The van der Waals surface area contributed by atoms with Gasteiger partial charge in [-0.05, 0) is 25.5 Å². The molecule has 0 amide bonds. The van der Waals surface area contributed by atoms with Crippen molar-refractivity contribution in [3.05, 3.63) is 54.1 Å². The molecule has 4 aliphatic rings. The van der Waals surface area contributed by atoms with Crippen molar-refractivity contribution in [2.24, 2.45) is 11.8 Å². The number of benzene rings is 1. The molecule has 4 aliphatic heterocycles. The summed E-state index contributed by atoms with van der Waals surface area (Å²) in [6.07, 6.45) is 4.57. The number of fused-ring (bicyclic) bond motifs is 6. The van der Waals surface area contributed by atoms with Crippen LogP contribution in [0.25, 0.3) is 22.2 Å². The number of ether oxygens (including phenoxy) is 2. The lowest BCUT2D eigenvalue weighted by Crippen LogP contribution is -2.42. The van der Waals surface area contributed by atoms with Gasteiger partial charge in [0.25, 0.3) is 0 Å². The highest BCUT2D eigenvalue weighted by Crippen LogP contribution is 2.42. The summed E-state index contributed by atoms with van der Waals surface area (Å²) in [5.74, 6) is 0.0400. The highest BCUT2D eigenvalue weighted by Gasteiger charge is 2.42. The summed E-state index contributed by atoms with van der Waals surface area (Å²) < 4.78 is 13.0. The minimum absolute atomic E-state index is 0.0662. The number of hydrogen-bond donors (Lipinski definition) is 0. The zero-order chi connectivity index (χ0) is 17.8. The van der Waals surface area contributed by atoms with Crippen molar-refractivity contribution in [1.29, 1.82) is 0 Å². The zero-order valence-electron chi connectivity index (χ0n) is 14.8. The minimum Gasteiger partial charge on any atom is -0.497 e. The Hall–Kier alpha value is -2.82. The predicted molar refractivity (Wildman–Crippen MR) is 97.7 cm³/mol. The molecule has 0 radical (unpaired) electrons. The number of aromatic nitrogens is 2. The van der Waals surface area contributed by atoms with E-state index >= 15 is 0 Å². The van der Waals surface area contributed by atoms with Crippen LogP contribution in [0.3, 0.4) is 0 Å². The number of methoxy groups -OCH3 is 1. The molecule has 1 aromatic carbocycles. The van der Waals surface area contributed by atoms with Crippen LogP contribution < -0.4 is 0 Å². The number of pyridine rings is 1. The molecule has 0 aromatic heterocycles. The Balaban J connectivity index is 1.66. The Morgan fingerprint density at radius 2 is 2.15 bits per heavy atom. The fraction of sp³-hybridized carbons (Fsp3) is 0.333. The lowest BCUT2D eigenvalue weighted by atomic mass is 9.75. The highest BCUT2D eigenvalue weighted by atomic mass is 16.5. The summed E-state index contributed by atoms with van der Waals surface area (Å²) in [6.45, 7) is 2.88. The third kappa shape index (κ3) is 2.09. The van der Waals surface area contributed by atoms with Crippen LogP contribution in [0.15, 0.2) is 48.4 Å². The molecule has 1 aromatic rings. The van der Waals surface area contributed by atoms with Gasteiger partial charge in [-0.1, -0.05) is 18.2 Å². The average molecular weight is 348 g/mol. The molecule has 1 unspecified atom stereocenters. The molecule has 0 aliphatic carbocycles. The van der Waals surface area contributed by atoms with E-state index in [2.05, 4.69) is 29.8 Å². The van der Waals surface area contributed by atoms with Crippen LogP contribution in [0.2, 0.25) is 0 Å². The second-order valence-corrected chi connectivity index (χ2v) is 7.19. The molecular formula is C21H20N2O3.